The van der Waals surface area contributed by atoms with Crippen molar-refractivity contribution in [2.75, 3.05) is 5.32 Å². The number of benzene rings is 3. The van der Waals surface area contributed by atoms with E-state index in [0.717, 1.165) is 25.8 Å². The maximum absolute atomic E-state index is 12.7. The SMILES string of the molecule is Cc1ccc(CCC(=O)Nc2c(Cl)n(CC#Cc3cccc(OCc4ccccc4)c3)c(=O)n(C)c2=O)cc1. The lowest BCUT2D eigenvalue weighted by Crippen LogP contribution is -2.40. The molecule has 39 heavy (non-hydrogen) atoms. The summed E-state index contributed by atoms with van der Waals surface area (Å²) in [5, 5.41) is 2.42. The molecule has 1 aromatic heterocycles. The van der Waals surface area contributed by atoms with Gasteiger partial charge in [-0.25, -0.2) is 4.79 Å². The molecule has 0 spiro atoms. The van der Waals surface area contributed by atoms with Gasteiger partial charge in [0.05, 0.1) is 6.54 Å². The van der Waals surface area contributed by atoms with E-state index in [1.165, 1.54) is 7.05 Å². The first-order valence-electron chi connectivity index (χ1n) is 12.4. The molecule has 4 rings (SSSR count). The molecule has 0 bridgehead atoms. The maximum atomic E-state index is 12.7. The molecule has 4 aromatic rings. The molecule has 3 aromatic carbocycles. The van der Waals surface area contributed by atoms with Crippen LogP contribution in [0, 0.1) is 18.8 Å². The zero-order valence-electron chi connectivity index (χ0n) is 21.7. The van der Waals surface area contributed by atoms with Gasteiger partial charge in [-0.2, -0.15) is 0 Å². The van der Waals surface area contributed by atoms with Crippen molar-refractivity contribution in [3.05, 3.63) is 127 Å². The highest BCUT2D eigenvalue weighted by molar-refractivity contribution is 6.32. The molecule has 0 saturated carbocycles. The number of carbonyl (C=O) groups excluding carboxylic acids is 1. The second-order valence-corrected chi connectivity index (χ2v) is 9.39. The lowest BCUT2D eigenvalue weighted by molar-refractivity contribution is -0.116. The number of carbonyl (C=O) groups is 1. The summed E-state index contributed by atoms with van der Waals surface area (Å²) in [5.41, 5.74) is 2.43. The monoisotopic (exact) mass is 541 g/mol. The molecule has 0 fully saturated rings. The highest BCUT2D eigenvalue weighted by Gasteiger charge is 2.17. The number of ether oxygens (including phenoxy) is 1. The van der Waals surface area contributed by atoms with Gasteiger partial charge in [-0.15, -0.1) is 0 Å². The van der Waals surface area contributed by atoms with Crippen molar-refractivity contribution in [1.29, 1.82) is 0 Å². The standard InChI is InChI=1S/C31H28ClN3O4/c1-22-13-15-23(16-14-22)17-18-27(36)33-28-29(32)35(31(38)34(2)30(28)37)19-7-11-24-10-6-12-26(20-24)39-21-25-8-4-3-5-9-25/h3-6,8-10,12-16,20H,17-19,21H2,1-2H3,(H,33,36). The van der Waals surface area contributed by atoms with Crippen molar-refractivity contribution in [1.82, 2.24) is 9.13 Å². The molecule has 1 amide bonds. The Morgan fingerprint density at radius 3 is 2.46 bits per heavy atom. The number of aromatic nitrogens is 2. The van der Waals surface area contributed by atoms with Gasteiger partial charge < -0.3 is 10.1 Å². The van der Waals surface area contributed by atoms with E-state index in [1.807, 2.05) is 79.7 Å². The maximum Gasteiger partial charge on any atom is 0.332 e. The number of hydrogen-bond donors (Lipinski definition) is 1. The molecule has 0 aliphatic carbocycles. The number of halogens is 1. The minimum absolute atomic E-state index is 0.0763. The predicted octanol–water partition coefficient (Wildman–Crippen LogP) is 4.71. The van der Waals surface area contributed by atoms with Crippen molar-refractivity contribution in [3.8, 4) is 17.6 Å². The van der Waals surface area contributed by atoms with Crippen molar-refractivity contribution in [3.63, 3.8) is 0 Å². The predicted molar refractivity (Wildman–Crippen MR) is 153 cm³/mol. The second-order valence-electron chi connectivity index (χ2n) is 9.04. The Balaban J connectivity index is 1.46. The summed E-state index contributed by atoms with van der Waals surface area (Å²) in [6, 6.07) is 25.0. The molecule has 0 saturated heterocycles. The van der Waals surface area contributed by atoms with Crippen LogP contribution >= 0.6 is 11.6 Å². The molecule has 0 aliphatic heterocycles. The Hall–Kier alpha value is -4.54. The highest BCUT2D eigenvalue weighted by atomic mass is 35.5. The third-order valence-electron chi connectivity index (χ3n) is 6.06. The zero-order valence-corrected chi connectivity index (χ0v) is 22.5. The third kappa shape index (κ3) is 7.28. The van der Waals surface area contributed by atoms with Gasteiger partial charge in [0.25, 0.3) is 5.56 Å². The molecule has 0 unspecified atom stereocenters. The number of hydrogen-bond acceptors (Lipinski definition) is 4. The summed E-state index contributed by atoms with van der Waals surface area (Å²) in [6.45, 7) is 2.35. The summed E-state index contributed by atoms with van der Waals surface area (Å²) >= 11 is 6.42. The van der Waals surface area contributed by atoms with E-state index < -0.39 is 11.2 Å². The molecule has 1 heterocycles. The van der Waals surface area contributed by atoms with E-state index in [0.29, 0.717) is 24.3 Å². The van der Waals surface area contributed by atoms with Crippen LogP contribution in [-0.4, -0.2) is 15.0 Å². The minimum Gasteiger partial charge on any atom is -0.489 e. The average molecular weight is 542 g/mol. The number of aryl methyl sites for hydroxylation is 2. The van der Waals surface area contributed by atoms with E-state index >= 15 is 0 Å². The van der Waals surface area contributed by atoms with Crippen molar-refractivity contribution in [2.45, 2.75) is 32.9 Å². The van der Waals surface area contributed by atoms with Gasteiger partial charge in [0.1, 0.15) is 23.2 Å². The summed E-state index contributed by atoms with van der Waals surface area (Å²) in [5.74, 6) is 6.21. The largest absolute Gasteiger partial charge is 0.489 e. The zero-order chi connectivity index (χ0) is 27.8. The summed E-state index contributed by atoms with van der Waals surface area (Å²) in [7, 11) is 1.33. The van der Waals surface area contributed by atoms with E-state index in [1.54, 1.807) is 6.07 Å². The van der Waals surface area contributed by atoms with Crippen LogP contribution in [0.5, 0.6) is 5.75 Å². The van der Waals surface area contributed by atoms with Crippen LogP contribution in [0.2, 0.25) is 5.15 Å². The van der Waals surface area contributed by atoms with Crippen LogP contribution < -0.4 is 21.3 Å². The Morgan fingerprint density at radius 2 is 1.72 bits per heavy atom. The highest BCUT2D eigenvalue weighted by Crippen LogP contribution is 2.17. The number of anilines is 1. The van der Waals surface area contributed by atoms with Gasteiger partial charge in [0.15, 0.2) is 0 Å². The minimum atomic E-state index is -0.679. The molecule has 1 N–H and O–H groups in total. The summed E-state index contributed by atoms with van der Waals surface area (Å²) in [6.07, 6.45) is 0.660. The lowest BCUT2D eigenvalue weighted by atomic mass is 10.1. The molecule has 198 valence electrons. The van der Waals surface area contributed by atoms with Gasteiger partial charge in [0.2, 0.25) is 5.91 Å². The summed E-state index contributed by atoms with van der Waals surface area (Å²) in [4.78, 5) is 38.0. The normalized spacial score (nSPS) is 10.4. The first kappa shape index (κ1) is 27.5. The van der Waals surface area contributed by atoms with Gasteiger partial charge in [-0.05, 0) is 42.7 Å². The van der Waals surface area contributed by atoms with Crippen LogP contribution in [0.4, 0.5) is 5.69 Å². The van der Waals surface area contributed by atoms with Gasteiger partial charge in [0, 0.05) is 19.0 Å². The van der Waals surface area contributed by atoms with E-state index in [-0.39, 0.29) is 29.7 Å². The number of amides is 1. The van der Waals surface area contributed by atoms with Gasteiger partial charge in [-0.3, -0.25) is 18.7 Å². The Kier molecular flexibility index (Phi) is 9.03. The van der Waals surface area contributed by atoms with Crippen molar-refractivity contribution < 1.29 is 9.53 Å². The first-order valence-corrected chi connectivity index (χ1v) is 12.8. The van der Waals surface area contributed by atoms with Crippen LogP contribution in [-0.2, 0) is 31.4 Å². The van der Waals surface area contributed by atoms with Gasteiger partial charge in [-0.1, -0.05) is 89.7 Å². The molecule has 7 nitrogen and oxygen atoms in total. The Bertz CT molecular complexity index is 1650. The van der Waals surface area contributed by atoms with Crippen LogP contribution in [0.25, 0.3) is 0 Å². The lowest BCUT2D eigenvalue weighted by Gasteiger charge is -2.13. The van der Waals surface area contributed by atoms with E-state index in [4.69, 9.17) is 16.3 Å². The van der Waals surface area contributed by atoms with Crippen molar-refractivity contribution in [2.24, 2.45) is 7.05 Å². The number of nitrogens with zero attached hydrogens (tertiary/aromatic N) is 2. The average Bonchev–Trinajstić information content (AvgIpc) is 2.95. The molecule has 8 heteroatoms. The van der Waals surface area contributed by atoms with Crippen molar-refractivity contribution >= 4 is 23.2 Å². The van der Waals surface area contributed by atoms with E-state index in [9.17, 15) is 14.4 Å². The quantitative estimate of drug-likeness (QED) is 0.259. The number of nitrogens with one attached hydrogen (secondary N) is 1. The smallest absolute Gasteiger partial charge is 0.332 e. The molecule has 0 aliphatic rings. The van der Waals surface area contributed by atoms with Crippen LogP contribution in [0.3, 0.4) is 0 Å². The summed E-state index contributed by atoms with van der Waals surface area (Å²) < 4.78 is 7.91. The second kappa shape index (κ2) is 12.8. The Morgan fingerprint density at radius 1 is 0.974 bits per heavy atom. The third-order valence-corrected chi connectivity index (χ3v) is 6.45. The fourth-order valence-corrected chi connectivity index (χ4v) is 4.08. The van der Waals surface area contributed by atoms with Gasteiger partial charge >= 0.3 is 5.69 Å². The fourth-order valence-electron chi connectivity index (χ4n) is 3.82. The van der Waals surface area contributed by atoms with Crippen LogP contribution in [0.15, 0.2) is 88.5 Å². The fraction of sp³-hybridized carbons (Fsp3) is 0.194. The Labute approximate surface area is 231 Å². The topological polar surface area (TPSA) is 82.3 Å². The molecule has 0 radical (unpaired) electrons. The number of rotatable bonds is 8. The molecular weight excluding hydrogens is 514 g/mol. The van der Waals surface area contributed by atoms with E-state index in [2.05, 4.69) is 17.2 Å². The first-order chi connectivity index (χ1) is 18.8. The van der Waals surface area contributed by atoms with Crippen LogP contribution in [0.1, 0.15) is 28.7 Å². The molecular formula is C31H28ClN3O4. The molecule has 0 atom stereocenters.